The maximum absolute atomic E-state index is 13.0. The molecule has 0 bridgehead atoms. The molecule has 2 rings (SSSR count). The maximum atomic E-state index is 13.0. The molecular weight excluding hydrogens is 359 g/mol. The summed E-state index contributed by atoms with van der Waals surface area (Å²) in [5, 5.41) is 0.136. The Bertz CT molecular complexity index is 723. The van der Waals surface area contributed by atoms with Crippen molar-refractivity contribution >= 4 is 8.32 Å². The van der Waals surface area contributed by atoms with E-state index in [9.17, 15) is 4.39 Å². The summed E-state index contributed by atoms with van der Waals surface area (Å²) in [6.07, 6.45) is -0.227. The van der Waals surface area contributed by atoms with Crippen molar-refractivity contribution in [3.8, 4) is 11.5 Å². The van der Waals surface area contributed by atoms with Gasteiger partial charge in [0.25, 0.3) is 0 Å². The van der Waals surface area contributed by atoms with E-state index in [0.717, 1.165) is 5.56 Å². The Labute approximate surface area is 163 Å². The average Bonchev–Trinajstić information content (AvgIpc) is 2.58. The standard InChI is InChI=1S/C22H30FO3Si/c1-17(26-27(5,6)22(2,3)4)15-24-20-8-7-9-21(14-20)25-16-18-10-12-19(23)13-11-18/h7-14,17H,1,15-16H2,2-6H3/t17-/m1/s1. The van der Waals surface area contributed by atoms with Crippen molar-refractivity contribution in [3.05, 3.63) is 66.8 Å². The summed E-state index contributed by atoms with van der Waals surface area (Å²) < 4.78 is 30.8. The van der Waals surface area contributed by atoms with Gasteiger partial charge in [0, 0.05) is 6.07 Å². The van der Waals surface area contributed by atoms with E-state index >= 15 is 0 Å². The second-order valence-electron chi connectivity index (χ2n) is 8.20. The molecule has 27 heavy (non-hydrogen) atoms. The zero-order valence-electron chi connectivity index (χ0n) is 16.9. The first kappa shape index (κ1) is 21.4. The predicted octanol–water partition coefficient (Wildman–Crippen LogP) is 6.01. The lowest BCUT2D eigenvalue weighted by atomic mass is 10.2. The van der Waals surface area contributed by atoms with Crippen LogP contribution in [-0.4, -0.2) is 21.0 Å². The Morgan fingerprint density at radius 1 is 1.00 bits per heavy atom. The fourth-order valence-electron chi connectivity index (χ4n) is 2.22. The lowest BCUT2D eigenvalue weighted by molar-refractivity contribution is 0.147. The van der Waals surface area contributed by atoms with Crippen LogP contribution in [0.4, 0.5) is 4.39 Å². The number of rotatable bonds is 8. The molecule has 0 aromatic heterocycles. The van der Waals surface area contributed by atoms with Crippen molar-refractivity contribution in [1.29, 1.82) is 0 Å². The summed E-state index contributed by atoms with van der Waals surface area (Å²) in [6.45, 7) is 15.9. The van der Waals surface area contributed by atoms with Crippen LogP contribution in [0.5, 0.6) is 11.5 Å². The van der Waals surface area contributed by atoms with Crippen LogP contribution in [0.3, 0.4) is 0 Å². The van der Waals surface area contributed by atoms with Crippen LogP contribution in [-0.2, 0) is 11.0 Å². The van der Waals surface area contributed by atoms with Crippen LogP contribution in [0.25, 0.3) is 0 Å². The van der Waals surface area contributed by atoms with E-state index in [1.165, 1.54) is 12.1 Å². The van der Waals surface area contributed by atoms with Crippen molar-refractivity contribution in [2.45, 2.75) is 51.6 Å². The summed E-state index contributed by atoms with van der Waals surface area (Å²) in [7, 11) is -1.87. The van der Waals surface area contributed by atoms with E-state index < -0.39 is 8.32 Å². The molecule has 1 atom stereocenters. The molecule has 0 unspecified atom stereocenters. The molecule has 0 heterocycles. The highest BCUT2D eigenvalue weighted by Gasteiger charge is 2.38. The molecule has 0 N–H and O–H groups in total. The molecule has 0 aliphatic heterocycles. The monoisotopic (exact) mass is 389 g/mol. The van der Waals surface area contributed by atoms with Crippen LogP contribution in [0, 0.1) is 12.7 Å². The van der Waals surface area contributed by atoms with Crippen molar-refractivity contribution in [2.24, 2.45) is 0 Å². The first-order valence-corrected chi connectivity index (χ1v) is 12.1. The highest BCUT2D eigenvalue weighted by atomic mass is 28.4. The van der Waals surface area contributed by atoms with E-state index in [1.54, 1.807) is 12.1 Å². The molecule has 0 amide bonds. The van der Waals surface area contributed by atoms with E-state index in [4.69, 9.17) is 13.9 Å². The highest BCUT2D eigenvalue weighted by molar-refractivity contribution is 6.74. The quantitative estimate of drug-likeness (QED) is 0.518. The second-order valence-corrected chi connectivity index (χ2v) is 13.0. The Morgan fingerprint density at radius 2 is 1.59 bits per heavy atom. The molecular formula is C22H30FO3Si. The number of hydrogen-bond donors (Lipinski definition) is 0. The molecule has 147 valence electrons. The third-order valence-electron chi connectivity index (χ3n) is 4.83. The lowest BCUT2D eigenvalue weighted by Gasteiger charge is -2.38. The number of hydrogen-bond acceptors (Lipinski definition) is 3. The molecule has 5 heteroatoms. The molecule has 0 spiro atoms. The third kappa shape index (κ3) is 6.67. The van der Waals surface area contributed by atoms with E-state index in [-0.39, 0.29) is 17.0 Å². The normalized spacial score (nSPS) is 13.3. The van der Waals surface area contributed by atoms with E-state index in [1.807, 2.05) is 24.3 Å². The molecule has 3 nitrogen and oxygen atoms in total. The summed E-state index contributed by atoms with van der Waals surface area (Å²) in [5.41, 5.74) is 0.906. The van der Waals surface area contributed by atoms with Gasteiger partial charge in [0.1, 0.15) is 30.5 Å². The third-order valence-corrected chi connectivity index (χ3v) is 9.36. The Balaban J connectivity index is 1.87. The van der Waals surface area contributed by atoms with Gasteiger partial charge in [0.15, 0.2) is 8.32 Å². The predicted molar refractivity (Wildman–Crippen MR) is 110 cm³/mol. The smallest absolute Gasteiger partial charge is 0.192 e. The summed E-state index contributed by atoms with van der Waals surface area (Å²) in [6, 6.07) is 13.7. The van der Waals surface area contributed by atoms with Crippen molar-refractivity contribution in [3.63, 3.8) is 0 Å². The fraction of sp³-hybridized carbons (Fsp3) is 0.409. The van der Waals surface area contributed by atoms with Crippen LogP contribution in [0.2, 0.25) is 18.1 Å². The van der Waals surface area contributed by atoms with Crippen LogP contribution in [0.15, 0.2) is 48.5 Å². The number of benzene rings is 2. The number of ether oxygens (including phenoxy) is 2. The van der Waals surface area contributed by atoms with Crippen LogP contribution < -0.4 is 9.47 Å². The van der Waals surface area contributed by atoms with Gasteiger partial charge in [-0.3, -0.25) is 0 Å². The van der Waals surface area contributed by atoms with Gasteiger partial charge >= 0.3 is 0 Å². The summed E-state index contributed by atoms with van der Waals surface area (Å²) in [5.74, 6) is 1.15. The fourth-order valence-corrected chi connectivity index (χ4v) is 3.47. The van der Waals surface area contributed by atoms with Gasteiger partial charge in [0.2, 0.25) is 0 Å². The Kier molecular flexibility index (Phi) is 7.06. The Hall–Kier alpha value is -1.85. The minimum atomic E-state index is -1.87. The second kappa shape index (κ2) is 8.89. The molecule has 2 aromatic carbocycles. The SMILES string of the molecule is [CH2][C@H](COc1cccc(OCc2ccc(F)cc2)c1)O[Si](C)(C)C(C)(C)C. The van der Waals surface area contributed by atoms with Gasteiger partial charge in [-0.2, -0.15) is 0 Å². The highest BCUT2D eigenvalue weighted by Crippen LogP contribution is 2.37. The first-order chi connectivity index (χ1) is 12.6. The minimum Gasteiger partial charge on any atom is -0.491 e. The van der Waals surface area contributed by atoms with Gasteiger partial charge in [-0.05, 0) is 54.9 Å². The van der Waals surface area contributed by atoms with Crippen molar-refractivity contribution in [2.75, 3.05) is 6.61 Å². The van der Waals surface area contributed by atoms with Crippen LogP contribution >= 0.6 is 0 Å². The van der Waals surface area contributed by atoms with Gasteiger partial charge in [-0.25, -0.2) is 4.39 Å². The van der Waals surface area contributed by atoms with Crippen LogP contribution in [0.1, 0.15) is 26.3 Å². The molecule has 1 radical (unpaired) electrons. The summed E-state index contributed by atoms with van der Waals surface area (Å²) in [4.78, 5) is 0. The van der Waals surface area contributed by atoms with E-state index in [2.05, 4.69) is 40.8 Å². The minimum absolute atomic E-state index is 0.136. The largest absolute Gasteiger partial charge is 0.491 e. The van der Waals surface area contributed by atoms with Gasteiger partial charge in [0.05, 0.1) is 6.10 Å². The first-order valence-electron chi connectivity index (χ1n) is 9.18. The van der Waals surface area contributed by atoms with Crippen molar-refractivity contribution in [1.82, 2.24) is 0 Å². The Morgan fingerprint density at radius 3 is 2.19 bits per heavy atom. The molecule has 0 aliphatic rings. The lowest BCUT2D eigenvalue weighted by Crippen LogP contribution is -2.44. The average molecular weight is 390 g/mol. The summed E-state index contributed by atoms with van der Waals surface area (Å²) >= 11 is 0. The van der Waals surface area contributed by atoms with Gasteiger partial charge < -0.3 is 13.9 Å². The molecule has 2 aromatic rings. The molecule has 0 saturated heterocycles. The molecule has 0 aliphatic carbocycles. The van der Waals surface area contributed by atoms with E-state index in [0.29, 0.717) is 24.7 Å². The zero-order valence-corrected chi connectivity index (χ0v) is 17.9. The van der Waals surface area contributed by atoms with Gasteiger partial charge in [-0.15, -0.1) is 0 Å². The number of halogens is 1. The molecule has 0 saturated carbocycles. The molecule has 0 fully saturated rings. The zero-order chi connectivity index (χ0) is 20.1. The van der Waals surface area contributed by atoms with Crippen molar-refractivity contribution < 1.29 is 18.3 Å². The topological polar surface area (TPSA) is 27.7 Å². The van der Waals surface area contributed by atoms with Gasteiger partial charge in [-0.1, -0.05) is 39.0 Å². The maximum Gasteiger partial charge on any atom is 0.192 e.